The average molecular weight is 262 g/mol. The van der Waals surface area contributed by atoms with Crippen LogP contribution in [-0.2, 0) is 0 Å². The molecular weight excluding hydrogens is 240 g/mol. The Bertz CT molecular complexity index is 426. The second-order valence-electron chi connectivity index (χ2n) is 5.19. The number of hydrogen-bond acceptors (Lipinski definition) is 3. The molecule has 19 heavy (non-hydrogen) atoms. The summed E-state index contributed by atoms with van der Waals surface area (Å²) in [4.78, 5) is 12.1. The highest BCUT2D eigenvalue weighted by Gasteiger charge is 2.19. The van der Waals surface area contributed by atoms with Crippen molar-refractivity contribution in [3.05, 3.63) is 29.8 Å². The molecule has 1 amide bonds. The zero-order chi connectivity index (χ0) is 13.7. The molecule has 0 radical (unpaired) electrons. The van der Waals surface area contributed by atoms with E-state index in [9.17, 15) is 4.79 Å². The van der Waals surface area contributed by atoms with E-state index in [0.29, 0.717) is 23.3 Å². The molecule has 3 N–H and O–H groups in total. The predicted octanol–water partition coefficient (Wildman–Crippen LogP) is 1.94. The molecule has 0 bridgehead atoms. The summed E-state index contributed by atoms with van der Waals surface area (Å²) in [7, 11) is 1.58. The zero-order valence-electron chi connectivity index (χ0n) is 11.4. The topological polar surface area (TPSA) is 64.3 Å². The summed E-state index contributed by atoms with van der Waals surface area (Å²) in [5.41, 5.74) is 6.47. The first-order valence-electron chi connectivity index (χ1n) is 6.87. The quantitative estimate of drug-likeness (QED) is 0.871. The maximum Gasteiger partial charge on any atom is 0.255 e. The molecule has 104 valence electrons. The zero-order valence-corrected chi connectivity index (χ0v) is 11.4. The van der Waals surface area contributed by atoms with Gasteiger partial charge in [0.05, 0.1) is 12.7 Å². The van der Waals surface area contributed by atoms with E-state index >= 15 is 0 Å². The molecule has 4 heteroatoms. The molecule has 0 heterocycles. The fraction of sp³-hybridized carbons (Fsp3) is 0.533. The SMILES string of the molecule is COc1ccccc1C(=O)NC[C@H]1CC[C@H](N)CC1. The Morgan fingerprint density at radius 2 is 2.00 bits per heavy atom. The van der Waals surface area contributed by atoms with E-state index in [2.05, 4.69) is 5.32 Å². The van der Waals surface area contributed by atoms with Gasteiger partial charge in [-0.1, -0.05) is 12.1 Å². The molecule has 1 fully saturated rings. The van der Waals surface area contributed by atoms with E-state index in [-0.39, 0.29) is 5.91 Å². The summed E-state index contributed by atoms with van der Waals surface area (Å²) in [6.07, 6.45) is 4.34. The van der Waals surface area contributed by atoms with Crippen LogP contribution < -0.4 is 15.8 Å². The van der Waals surface area contributed by atoms with Gasteiger partial charge >= 0.3 is 0 Å². The molecule has 1 aliphatic rings. The molecule has 1 saturated carbocycles. The first kappa shape index (κ1) is 13.9. The van der Waals surface area contributed by atoms with Crippen LogP contribution in [0.1, 0.15) is 36.0 Å². The van der Waals surface area contributed by atoms with E-state index < -0.39 is 0 Å². The number of methoxy groups -OCH3 is 1. The summed E-state index contributed by atoms with van der Waals surface area (Å²) < 4.78 is 5.19. The number of benzene rings is 1. The first-order valence-corrected chi connectivity index (χ1v) is 6.87. The molecule has 4 nitrogen and oxygen atoms in total. The number of para-hydroxylation sites is 1. The number of rotatable bonds is 4. The lowest BCUT2D eigenvalue weighted by atomic mass is 9.86. The third kappa shape index (κ3) is 3.70. The summed E-state index contributed by atoms with van der Waals surface area (Å²) >= 11 is 0. The van der Waals surface area contributed by atoms with Crippen molar-refractivity contribution in [1.82, 2.24) is 5.32 Å². The van der Waals surface area contributed by atoms with Crippen molar-refractivity contribution in [3.8, 4) is 5.75 Å². The van der Waals surface area contributed by atoms with Crippen LogP contribution >= 0.6 is 0 Å². The molecule has 0 atom stereocenters. The van der Waals surface area contributed by atoms with Gasteiger partial charge in [0.25, 0.3) is 5.91 Å². The van der Waals surface area contributed by atoms with Gasteiger partial charge < -0.3 is 15.8 Å². The third-order valence-electron chi connectivity index (χ3n) is 3.79. The fourth-order valence-corrected chi connectivity index (χ4v) is 2.56. The lowest BCUT2D eigenvalue weighted by molar-refractivity contribution is 0.0940. The van der Waals surface area contributed by atoms with Crippen molar-refractivity contribution in [2.75, 3.05) is 13.7 Å². The van der Waals surface area contributed by atoms with E-state index in [4.69, 9.17) is 10.5 Å². The highest BCUT2D eigenvalue weighted by molar-refractivity contribution is 5.96. The minimum atomic E-state index is -0.0627. The lowest BCUT2D eigenvalue weighted by Crippen LogP contribution is -2.34. The summed E-state index contributed by atoms with van der Waals surface area (Å²) in [5.74, 6) is 1.11. The molecular formula is C15H22N2O2. The summed E-state index contributed by atoms with van der Waals surface area (Å²) in [6, 6.07) is 7.63. The van der Waals surface area contributed by atoms with Crippen LogP contribution in [0.3, 0.4) is 0 Å². The molecule has 0 saturated heterocycles. The van der Waals surface area contributed by atoms with Gasteiger partial charge in [0.15, 0.2) is 0 Å². The van der Waals surface area contributed by atoms with E-state index in [1.165, 1.54) is 0 Å². The number of carbonyl (C=O) groups is 1. The van der Waals surface area contributed by atoms with Crippen molar-refractivity contribution in [1.29, 1.82) is 0 Å². The van der Waals surface area contributed by atoms with Crippen molar-refractivity contribution >= 4 is 5.91 Å². The Hall–Kier alpha value is -1.55. The molecule has 1 aromatic rings. The maximum atomic E-state index is 12.1. The minimum Gasteiger partial charge on any atom is -0.496 e. The fourth-order valence-electron chi connectivity index (χ4n) is 2.56. The summed E-state index contributed by atoms with van der Waals surface area (Å²) in [5, 5.41) is 3.00. The molecule has 0 aromatic heterocycles. The van der Waals surface area contributed by atoms with Gasteiger partial charge in [0, 0.05) is 12.6 Å². The standard InChI is InChI=1S/C15H22N2O2/c1-19-14-5-3-2-4-13(14)15(18)17-10-11-6-8-12(16)9-7-11/h2-5,11-12H,6-10,16H2,1H3,(H,17,18)/t11-,12-. The third-order valence-corrected chi connectivity index (χ3v) is 3.79. The molecule has 1 aliphatic carbocycles. The van der Waals surface area contributed by atoms with E-state index in [1.54, 1.807) is 19.2 Å². The monoisotopic (exact) mass is 262 g/mol. The van der Waals surface area contributed by atoms with Crippen molar-refractivity contribution < 1.29 is 9.53 Å². The smallest absolute Gasteiger partial charge is 0.255 e. The highest BCUT2D eigenvalue weighted by Crippen LogP contribution is 2.23. The molecule has 0 unspecified atom stereocenters. The Kier molecular flexibility index (Phi) is 4.80. The second-order valence-corrected chi connectivity index (χ2v) is 5.19. The van der Waals surface area contributed by atoms with Crippen LogP contribution in [0.15, 0.2) is 24.3 Å². The van der Waals surface area contributed by atoms with Gasteiger partial charge in [-0.05, 0) is 43.7 Å². The highest BCUT2D eigenvalue weighted by atomic mass is 16.5. The van der Waals surface area contributed by atoms with Gasteiger partial charge in [0.2, 0.25) is 0 Å². The molecule has 2 rings (SSSR count). The van der Waals surface area contributed by atoms with Gasteiger partial charge in [-0.15, -0.1) is 0 Å². The number of carbonyl (C=O) groups excluding carboxylic acids is 1. The van der Waals surface area contributed by atoms with Gasteiger partial charge in [0.1, 0.15) is 5.75 Å². The normalized spacial score (nSPS) is 22.8. The Morgan fingerprint density at radius 3 is 2.68 bits per heavy atom. The second kappa shape index (κ2) is 6.57. The predicted molar refractivity (Wildman–Crippen MR) is 75.3 cm³/mol. The number of nitrogens with one attached hydrogen (secondary N) is 1. The number of nitrogens with two attached hydrogens (primary N) is 1. The van der Waals surface area contributed by atoms with Crippen molar-refractivity contribution in [3.63, 3.8) is 0 Å². The van der Waals surface area contributed by atoms with Crippen molar-refractivity contribution in [2.45, 2.75) is 31.7 Å². The first-order chi connectivity index (χ1) is 9.20. The van der Waals surface area contributed by atoms with Crippen molar-refractivity contribution in [2.24, 2.45) is 11.7 Å². The lowest BCUT2D eigenvalue weighted by Gasteiger charge is -2.26. The largest absolute Gasteiger partial charge is 0.496 e. The summed E-state index contributed by atoms with van der Waals surface area (Å²) in [6.45, 7) is 0.726. The average Bonchev–Trinajstić information content (AvgIpc) is 2.46. The molecule has 0 aliphatic heterocycles. The number of hydrogen-bond donors (Lipinski definition) is 2. The van der Waals surface area contributed by atoms with E-state index in [0.717, 1.165) is 32.2 Å². The Balaban J connectivity index is 1.87. The van der Waals surface area contributed by atoms with E-state index in [1.807, 2.05) is 12.1 Å². The molecule has 0 spiro atoms. The molecule has 1 aromatic carbocycles. The Morgan fingerprint density at radius 1 is 1.32 bits per heavy atom. The van der Waals surface area contributed by atoms with Crippen LogP contribution in [0.25, 0.3) is 0 Å². The van der Waals surface area contributed by atoms with Gasteiger partial charge in [-0.2, -0.15) is 0 Å². The van der Waals surface area contributed by atoms with Crippen LogP contribution in [0.5, 0.6) is 5.75 Å². The van der Waals surface area contributed by atoms with Gasteiger partial charge in [-0.25, -0.2) is 0 Å². The van der Waals surface area contributed by atoms with Gasteiger partial charge in [-0.3, -0.25) is 4.79 Å². The maximum absolute atomic E-state index is 12.1. The number of amides is 1. The Labute approximate surface area is 114 Å². The minimum absolute atomic E-state index is 0.0627. The number of ether oxygens (including phenoxy) is 1. The van der Waals surface area contributed by atoms with Crippen LogP contribution in [0.4, 0.5) is 0 Å². The van der Waals surface area contributed by atoms with Crippen LogP contribution in [-0.4, -0.2) is 25.6 Å². The van der Waals surface area contributed by atoms with Crippen LogP contribution in [0, 0.1) is 5.92 Å². The van der Waals surface area contributed by atoms with Crippen LogP contribution in [0.2, 0.25) is 0 Å².